The summed E-state index contributed by atoms with van der Waals surface area (Å²) in [4.78, 5) is 2.21. The van der Waals surface area contributed by atoms with Crippen molar-refractivity contribution in [1.82, 2.24) is 4.90 Å². The largest absolute Gasteiger partial charge is 0.287 e. The van der Waals surface area contributed by atoms with Crippen LogP contribution in [0.3, 0.4) is 0 Å². The average molecular weight is 313 g/mol. The summed E-state index contributed by atoms with van der Waals surface area (Å²) >= 11 is 0. The van der Waals surface area contributed by atoms with Crippen molar-refractivity contribution < 1.29 is 8.42 Å². The topological polar surface area (TPSA) is 37.4 Å². The number of rotatable bonds is 5. The van der Waals surface area contributed by atoms with Gasteiger partial charge in [0.1, 0.15) is 0 Å². The second-order valence-corrected chi connectivity index (χ2v) is 7.53. The van der Waals surface area contributed by atoms with Gasteiger partial charge in [0, 0.05) is 24.5 Å². The molecule has 0 saturated carbocycles. The first-order chi connectivity index (χ1) is 10.6. The average Bonchev–Trinajstić information content (AvgIpc) is 2.89. The van der Waals surface area contributed by atoms with Crippen molar-refractivity contribution >= 4 is 9.84 Å². The van der Waals surface area contributed by atoms with E-state index in [1.54, 1.807) is 6.08 Å². The molecule has 0 fully saturated rings. The SMILES string of the molecule is O=S1(=O)C=CC(N(Cc2ccccc2)Cc2ccccc2)C1. The minimum absolute atomic E-state index is 0.0644. The molecule has 0 spiro atoms. The van der Waals surface area contributed by atoms with Gasteiger partial charge in [-0.3, -0.25) is 4.90 Å². The second kappa shape index (κ2) is 6.46. The maximum absolute atomic E-state index is 11.7. The third-order valence-corrected chi connectivity index (χ3v) is 5.22. The van der Waals surface area contributed by atoms with Crippen molar-refractivity contribution in [1.29, 1.82) is 0 Å². The van der Waals surface area contributed by atoms with Gasteiger partial charge in [-0.2, -0.15) is 0 Å². The van der Waals surface area contributed by atoms with Crippen LogP contribution >= 0.6 is 0 Å². The van der Waals surface area contributed by atoms with Crippen molar-refractivity contribution in [3.05, 3.63) is 83.3 Å². The maximum Gasteiger partial charge on any atom is 0.173 e. The summed E-state index contributed by atoms with van der Waals surface area (Å²) in [6, 6.07) is 20.3. The van der Waals surface area contributed by atoms with E-state index in [4.69, 9.17) is 0 Å². The van der Waals surface area contributed by atoms with Crippen molar-refractivity contribution in [2.75, 3.05) is 5.75 Å². The summed E-state index contributed by atoms with van der Waals surface area (Å²) in [6.45, 7) is 1.47. The summed E-state index contributed by atoms with van der Waals surface area (Å²) in [5, 5.41) is 1.35. The van der Waals surface area contributed by atoms with Crippen LogP contribution < -0.4 is 0 Å². The molecule has 4 heteroatoms. The number of hydrogen-bond acceptors (Lipinski definition) is 3. The Morgan fingerprint density at radius 2 is 1.36 bits per heavy atom. The molecule has 1 atom stereocenters. The Kier molecular flexibility index (Phi) is 4.41. The Balaban J connectivity index is 1.81. The lowest BCUT2D eigenvalue weighted by atomic mass is 10.1. The highest BCUT2D eigenvalue weighted by molar-refractivity contribution is 7.94. The highest BCUT2D eigenvalue weighted by Gasteiger charge is 2.27. The molecule has 3 nitrogen and oxygen atoms in total. The Labute approximate surface area is 131 Å². The molecule has 2 aromatic carbocycles. The predicted molar refractivity (Wildman–Crippen MR) is 88.8 cm³/mol. The summed E-state index contributed by atoms with van der Waals surface area (Å²) < 4.78 is 23.5. The molecule has 1 unspecified atom stereocenters. The fourth-order valence-electron chi connectivity index (χ4n) is 2.71. The Hall–Kier alpha value is -1.91. The van der Waals surface area contributed by atoms with Gasteiger partial charge < -0.3 is 0 Å². The van der Waals surface area contributed by atoms with E-state index in [9.17, 15) is 8.42 Å². The molecule has 0 aliphatic carbocycles. The van der Waals surface area contributed by atoms with E-state index in [1.165, 1.54) is 16.5 Å². The van der Waals surface area contributed by atoms with Gasteiger partial charge in [0.2, 0.25) is 0 Å². The Bertz CT molecular complexity index is 698. The molecule has 114 valence electrons. The number of benzene rings is 2. The third-order valence-electron chi connectivity index (χ3n) is 3.84. The number of hydrogen-bond donors (Lipinski definition) is 0. The van der Waals surface area contributed by atoms with E-state index in [1.807, 2.05) is 36.4 Å². The second-order valence-electron chi connectivity index (χ2n) is 5.60. The third kappa shape index (κ3) is 3.84. The van der Waals surface area contributed by atoms with Crippen molar-refractivity contribution in [2.24, 2.45) is 0 Å². The normalized spacial score (nSPS) is 19.6. The zero-order valence-corrected chi connectivity index (χ0v) is 13.1. The molecular weight excluding hydrogens is 294 g/mol. The van der Waals surface area contributed by atoms with Gasteiger partial charge in [0.05, 0.1) is 5.75 Å². The lowest BCUT2D eigenvalue weighted by molar-refractivity contribution is 0.226. The highest BCUT2D eigenvalue weighted by atomic mass is 32.2. The van der Waals surface area contributed by atoms with Gasteiger partial charge in [-0.25, -0.2) is 8.42 Å². The van der Waals surface area contributed by atoms with Crippen LogP contribution in [0.5, 0.6) is 0 Å². The molecule has 0 radical (unpaired) electrons. The van der Waals surface area contributed by atoms with E-state index in [0.29, 0.717) is 0 Å². The first kappa shape index (κ1) is 15.0. The molecule has 2 aromatic rings. The smallest absolute Gasteiger partial charge is 0.173 e. The maximum atomic E-state index is 11.7. The first-order valence-corrected chi connectivity index (χ1v) is 9.07. The van der Waals surface area contributed by atoms with Gasteiger partial charge in [-0.05, 0) is 11.1 Å². The van der Waals surface area contributed by atoms with Crippen LogP contribution in [0.25, 0.3) is 0 Å². The molecule has 0 N–H and O–H groups in total. The fraction of sp³-hybridized carbons (Fsp3) is 0.222. The number of nitrogens with zero attached hydrogens (tertiary/aromatic N) is 1. The Morgan fingerprint density at radius 1 is 0.864 bits per heavy atom. The number of sulfone groups is 1. The minimum atomic E-state index is -3.05. The van der Waals surface area contributed by atoms with E-state index >= 15 is 0 Å². The van der Waals surface area contributed by atoms with Crippen LogP contribution in [-0.4, -0.2) is 25.1 Å². The van der Waals surface area contributed by atoms with E-state index < -0.39 is 9.84 Å². The molecule has 1 aliphatic rings. The fourth-order valence-corrected chi connectivity index (χ4v) is 4.04. The summed E-state index contributed by atoms with van der Waals surface area (Å²) in [5.74, 6) is 0.173. The zero-order valence-electron chi connectivity index (χ0n) is 12.3. The molecule has 22 heavy (non-hydrogen) atoms. The molecule has 1 heterocycles. The summed E-state index contributed by atoms with van der Waals surface area (Å²) in [6.07, 6.45) is 1.81. The summed E-state index contributed by atoms with van der Waals surface area (Å²) in [5.41, 5.74) is 2.38. The molecule has 0 saturated heterocycles. The van der Waals surface area contributed by atoms with Crippen LogP contribution in [0, 0.1) is 0 Å². The standard InChI is InChI=1S/C18H19NO2S/c20-22(21)12-11-18(15-22)19(13-16-7-3-1-4-8-16)14-17-9-5-2-6-10-17/h1-12,18H,13-15H2. The lowest BCUT2D eigenvalue weighted by Crippen LogP contribution is -2.35. The molecule has 0 bridgehead atoms. The predicted octanol–water partition coefficient (Wildman–Crippen LogP) is 3.00. The highest BCUT2D eigenvalue weighted by Crippen LogP contribution is 2.20. The van der Waals surface area contributed by atoms with Crippen molar-refractivity contribution in [3.63, 3.8) is 0 Å². The van der Waals surface area contributed by atoms with Gasteiger partial charge in [-0.1, -0.05) is 66.7 Å². The molecule has 0 amide bonds. The molecule has 0 aromatic heterocycles. The van der Waals surface area contributed by atoms with E-state index in [-0.39, 0.29) is 11.8 Å². The van der Waals surface area contributed by atoms with Gasteiger partial charge in [0.15, 0.2) is 9.84 Å². The summed E-state index contributed by atoms with van der Waals surface area (Å²) in [7, 11) is -3.05. The van der Waals surface area contributed by atoms with Crippen LogP contribution in [0.1, 0.15) is 11.1 Å². The van der Waals surface area contributed by atoms with Gasteiger partial charge in [-0.15, -0.1) is 0 Å². The van der Waals surface area contributed by atoms with Gasteiger partial charge >= 0.3 is 0 Å². The van der Waals surface area contributed by atoms with E-state index in [0.717, 1.165) is 13.1 Å². The van der Waals surface area contributed by atoms with Crippen molar-refractivity contribution in [2.45, 2.75) is 19.1 Å². The van der Waals surface area contributed by atoms with Crippen LogP contribution in [0.4, 0.5) is 0 Å². The monoisotopic (exact) mass is 313 g/mol. The van der Waals surface area contributed by atoms with Crippen LogP contribution in [-0.2, 0) is 22.9 Å². The molecule has 1 aliphatic heterocycles. The van der Waals surface area contributed by atoms with Crippen LogP contribution in [0.2, 0.25) is 0 Å². The Morgan fingerprint density at radius 3 is 1.77 bits per heavy atom. The van der Waals surface area contributed by atoms with Crippen molar-refractivity contribution in [3.8, 4) is 0 Å². The lowest BCUT2D eigenvalue weighted by Gasteiger charge is -2.27. The minimum Gasteiger partial charge on any atom is -0.287 e. The molecule has 3 rings (SSSR count). The van der Waals surface area contributed by atoms with E-state index in [2.05, 4.69) is 29.2 Å². The van der Waals surface area contributed by atoms with Gasteiger partial charge in [0.25, 0.3) is 0 Å². The molecular formula is C18H19NO2S. The van der Waals surface area contributed by atoms with Crippen LogP contribution in [0.15, 0.2) is 72.1 Å². The zero-order chi connectivity index (χ0) is 15.4. The first-order valence-electron chi connectivity index (χ1n) is 7.35. The quantitative estimate of drug-likeness (QED) is 0.851.